The van der Waals surface area contributed by atoms with Crippen LogP contribution in [0.15, 0.2) is 66.7 Å². The van der Waals surface area contributed by atoms with Crippen molar-refractivity contribution >= 4 is 22.4 Å². The Balaban J connectivity index is 0.00000141. The van der Waals surface area contributed by atoms with Crippen LogP contribution in [0.4, 0.5) is 5.69 Å². The summed E-state index contributed by atoms with van der Waals surface area (Å²) in [5, 5.41) is 8.92. The van der Waals surface area contributed by atoms with Crippen LogP contribution < -0.4 is 10.6 Å². The van der Waals surface area contributed by atoms with Gasteiger partial charge in [0.05, 0.1) is 19.3 Å². The Morgan fingerprint density at radius 1 is 0.969 bits per heavy atom. The first-order valence-corrected chi connectivity index (χ1v) is 11.6. The molecule has 0 aromatic heterocycles. The molecule has 1 aliphatic heterocycles. The lowest BCUT2D eigenvalue weighted by atomic mass is 9.99. The second-order valence-corrected chi connectivity index (χ2v) is 7.72. The topological polar surface area (TPSA) is 53.6 Å². The average Bonchev–Trinajstić information content (AvgIpc) is 2.86. The molecule has 1 fully saturated rings. The number of carbonyl (C=O) groups excluding carboxylic acids is 1. The fraction of sp³-hybridized carbons (Fsp3) is 0.370. The van der Waals surface area contributed by atoms with E-state index in [1.807, 2.05) is 63.2 Å². The van der Waals surface area contributed by atoms with Crippen molar-refractivity contribution in [2.45, 2.75) is 26.8 Å². The van der Waals surface area contributed by atoms with Gasteiger partial charge in [-0.05, 0) is 47.5 Å². The molecule has 1 saturated heterocycles. The van der Waals surface area contributed by atoms with E-state index in [1.54, 1.807) is 0 Å². The summed E-state index contributed by atoms with van der Waals surface area (Å²) in [5.74, 6) is -0.0599. The molecule has 4 rings (SSSR count). The predicted molar refractivity (Wildman–Crippen MR) is 133 cm³/mol. The lowest BCUT2D eigenvalue weighted by molar-refractivity contribution is 0.0398. The summed E-state index contributed by atoms with van der Waals surface area (Å²) in [7, 11) is 0. The molecule has 1 aliphatic rings. The van der Waals surface area contributed by atoms with Crippen LogP contribution in [0.1, 0.15) is 42.7 Å². The van der Waals surface area contributed by atoms with Crippen LogP contribution in [0.25, 0.3) is 10.8 Å². The molecule has 5 heteroatoms. The number of nitrogens with zero attached hydrogens (tertiary/aromatic N) is 1. The van der Waals surface area contributed by atoms with E-state index in [-0.39, 0.29) is 11.9 Å². The third-order valence-electron chi connectivity index (χ3n) is 5.65. The van der Waals surface area contributed by atoms with Crippen molar-refractivity contribution in [2.24, 2.45) is 0 Å². The molecule has 0 aliphatic carbocycles. The summed E-state index contributed by atoms with van der Waals surface area (Å²) in [6.07, 6.45) is 0. The zero-order valence-corrected chi connectivity index (χ0v) is 19.4. The van der Waals surface area contributed by atoms with Gasteiger partial charge >= 0.3 is 0 Å². The van der Waals surface area contributed by atoms with Gasteiger partial charge in [-0.25, -0.2) is 0 Å². The lowest BCUT2D eigenvalue weighted by Gasteiger charge is -2.26. The summed E-state index contributed by atoms with van der Waals surface area (Å²) in [4.78, 5) is 15.1. The van der Waals surface area contributed by atoms with Crippen molar-refractivity contribution in [1.82, 2.24) is 10.2 Å². The van der Waals surface area contributed by atoms with E-state index in [9.17, 15) is 4.79 Å². The Morgan fingerprint density at radius 3 is 2.41 bits per heavy atom. The number of fused-ring (bicyclic) bond motifs is 1. The zero-order chi connectivity index (χ0) is 22.8. The zero-order valence-electron chi connectivity index (χ0n) is 19.4. The number of nitrogens with one attached hydrogen (secondary N) is 2. The maximum atomic E-state index is 12.7. The summed E-state index contributed by atoms with van der Waals surface area (Å²) >= 11 is 0. The Kier molecular flexibility index (Phi) is 9.08. The van der Waals surface area contributed by atoms with Crippen LogP contribution in [0.3, 0.4) is 0 Å². The maximum absolute atomic E-state index is 12.7. The minimum absolute atomic E-state index is 0.0599. The van der Waals surface area contributed by atoms with Crippen molar-refractivity contribution < 1.29 is 9.53 Å². The van der Waals surface area contributed by atoms with Gasteiger partial charge < -0.3 is 15.4 Å². The van der Waals surface area contributed by atoms with Crippen molar-refractivity contribution in [3.63, 3.8) is 0 Å². The van der Waals surface area contributed by atoms with E-state index in [0.717, 1.165) is 50.6 Å². The number of benzene rings is 3. The SMILES string of the molecule is CC.CC(NC(=O)c1ccc(NCCN2CCOCC2)cc1)c1cccc2ccccc12. The van der Waals surface area contributed by atoms with E-state index in [0.29, 0.717) is 5.56 Å². The maximum Gasteiger partial charge on any atom is 0.251 e. The van der Waals surface area contributed by atoms with E-state index < -0.39 is 0 Å². The predicted octanol–water partition coefficient (Wildman–Crippen LogP) is 5.10. The summed E-state index contributed by atoms with van der Waals surface area (Å²) in [6.45, 7) is 11.5. The first-order valence-electron chi connectivity index (χ1n) is 11.6. The molecule has 1 atom stereocenters. The average molecular weight is 434 g/mol. The molecule has 1 amide bonds. The van der Waals surface area contributed by atoms with Crippen LogP contribution in [0, 0.1) is 0 Å². The second-order valence-electron chi connectivity index (χ2n) is 7.72. The van der Waals surface area contributed by atoms with Crippen molar-refractivity contribution in [1.29, 1.82) is 0 Å². The Morgan fingerprint density at radius 2 is 1.66 bits per heavy atom. The number of morpholine rings is 1. The summed E-state index contributed by atoms with van der Waals surface area (Å²) < 4.78 is 5.38. The van der Waals surface area contributed by atoms with Gasteiger partial charge in [-0.3, -0.25) is 9.69 Å². The van der Waals surface area contributed by atoms with Crippen LogP contribution in [-0.2, 0) is 4.74 Å². The molecule has 1 heterocycles. The number of amides is 1. The number of hydrogen-bond donors (Lipinski definition) is 2. The summed E-state index contributed by atoms with van der Waals surface area (Å²) in [6, 6.07) is 22.1. The fourth-order valence-corrected chi connectivity index (χ4v) is 3.91. The molecule has 0 spiro atoms. The summed E-state index contributed by atoms with van der Waals surface area (Å²) in [5.41, 5.74) is 2.82. The monoisotopic (exact) mass is 433 g/mol. The molecule has 0 bridgehead atoms. The van der Waals surface area contributed by atoms with Crippen LogP contribution in [0.5, 0.6) is 0 Å². The second kappa shape index (κ2) is 12.2. The van der Waals surface area contributed by atoms with Crippen molar-refractivity contribution in [2.75, 3.05) is 44.7 Å². The van der Waals surface area contributed by atoms with Crippen molar-refractivity contribution in [3.05, 3.63) is 77.9 Å². The highest BCUT2D eigenvalue weighted by atomic mass is 16.5. The Labute approximate surface area is 191 Å². The van der Waals surface area contributed by atoms with Gasteiger partial charge in [0.2, 0.25) is 0 Å². The highest BCUT2D eigenvalue weighted by Crippen LogP contribution is 2.24. The van der Waals surface area contributed by atoms with Crippen molar-refractivity contribution in [3.8, 4) is 0 Å². The highest BCUT2D eigenvalue weighted by Gasteiger charge is 2.14. The van der Waals surface area contributed by atoms with Gasteiger partial charge in [-0.15, -0.1) is 0 Å². The van der Waals surface area contributed by atoms with Crippen LogP contribution in [0.2, 0.25) is 0 Å². The molecule has 5 nitrogen and oxygen atoms in total. The van der Waals surface area contributed by atoms with Crippen LogP contribution in [-0.4, -0.2) is 50.2 Å². The molecule has 3 aromatic rings. The van der Waals surface area contributed by atoms with Gasteiger partial charge in [0.15, 0.2) is 0 Å². The molecular formula is C27H35N3O2. The number of anilines is 1. The molecule has 2 N–H and O–H groups in total. The highest BCUT2D eigenvalue weighted by molar-refractivity contribution is 5.95. The van der Waals surface area contributed by atoms with Gasteiger partial charge in [-0.1, -0.05) is 56.3 Å². The molecule has 3 aromatic carbocycles. The lowest BCUT2D eigenvalue weighted by Crippen LogP contribution is -2.39. The van der Waals surface area contributed by atoms with Gasteiger partial charge in [-0.2, -0.15) is 0 Å². The first-order chi connectivity index (χ1) is 15.7. The number of hydrogen-bond acceptors (Lipinski definition) is 4. The number of carbonyl (C=O) groups is 1. The third-order valence-corrected chi connectivity index (χ3v) is 5.65. The minimum atomic E-state index is -0.0741. The Bertz CT molecular complexity index is 976. The normalized spacial score (nSPS) is 14.8. The van der Waals surface area contributed by atoms with Gasteiger partial charge in [0, 0.05) is 37.4 Å². The van der Waals surface area contributed by atoms with E-state index in [2.05, 4.69) is 39.8 Å². The smallest absolute Gasteiger partial charge is 0.251 e. The first kappa shape index (κ1) is 23.8. The molecule has 32 heavy (non-hydrogen) atoms. The quantitative estimate of drug-likeness (QED) is 0.544. The molecule has 170 valence electrons. The molecule has 0 radical (unpaired) electrons. The fourth-order valence-electron chi connectivity index (χ4n) is 3.91. The number of ether oxygens (including phenoxy) is 1. The Hall–Kier alpha value is -2.89. The third kappa shape index (κ3) is 6.31. The molecular weight excluding hydrogens is 398 g/mol. The van der Waals surface area contributed by atoms with Gasteiger partial charge in [0.25, 0.3) is 5.91 Å². The van der Waals surface area contributed by atoms with E-state index >= 15 is 0 Å². The minimum Gasteiger partial charge on any atom is -0.384 e. The largest absolute Gasteiger partial charge is 0.384 e. The van der Waals surface area contributed by atoms with Crippen LogP contribution >= 0.6 is 0 Å². The van der Waals surface area contributed by atoms with E-state index in [4.69, 9.17) is 4.74 Å². The standard InChI is InChI=1S/C25H29N3O2.C2H6/c1-19(23-8-4-6-20-5-2-3-7-24(20)23)27-25(29)21-9-11-22(12-10-21)26-13-14-28-15-17-30-18-16-28;1-2/h2-12,19,26H,13-18H2,1H3,(H,27,29);1-2H3. The number of rotatable bonds is 7. The molecule has 1 unspecified atom stereocenters. The van der Waals surface area contributed by atoms with Gasteiger partial charge in [0.1, 0.15) is 0 Å². The van der Waals surface area contributed by atoms with E-state index in [1.165, 1.54) is 10.8 Å². The molecule has 0 saturated carbocycles.